The molecule has 3 rings (SSSR count). The molecule has 1 aliphatic carbocycles. The lowest BCUT2D eigenvalue weighted by atomic mass is 9.96. The highest BCUT2D eigenvalue weighted by Crippen LogP contribution is 2.47. The number of benzene rings is 1. The Labute approximate surface area is 159 Å². The second-order valence-electron chi connectivity index (χ2n) is 7.16. The van der Waals surface area contributed by atoms with Crippen LogP contribution in [0, 0.1) is 5.82 Å². The Bertz CT molecular complexity index is 765. The van der Waals surface area contributed by atoms with Crippen LogP contribution in [0.4, 0.5) is 4.39 Å². The lowest BCUT2D eigenvalue weighted by Crippen LogP contribution is -2.41. The number of aliphatic imine (C=N–C) groups is 1. The topological polar surface area (TPSA) is 49.3 Å². The number of nitrogens with zero attached hydrogens (tertiary/aromatic N) is 2. The van der Waals surface area contributed by atoms with E-state index in [0.29, 0.717) is 12.5 Å². The predicted octanol–water partition coefficient (Wildman–Crippen LogP) is 4.19. The number of hydrogen-bond donors (Lipinski definition) is 2. The Morgan fingerprint density at radius 3 is 2.77 bits per heavy atom. The van der Waals surface area contributed by atoms with Gasteiger partial charge in [-0.05, 0) is 43.4 Å². The lowest BCUT2D eigenvalue weighted by molar-refractivity contribution is 0.607. The first-order chi connectivity index (χ1) is 12.5. The summed E-state index contributed by atoms with van der Waals surface area (Å²) in [5.41, 5.74) is 2.23. The Balaban J connectivity index is 1.63. The van der Waals surface area contributed by atoms with Crippen LogP contribution in [0.1, 0.15) is 55.8 Å². The van der Waals surface area contributed by atoms with Crippen molar-refractivity contribution in [3.05, 3.63) is 51.7 Å². The molecule has 0 radical (unpaired) electrons. The Hall–Kier alpha value is -1.95. The zero-order valence-corrected chi connectivity index (χ0v) is 16.5. The third-order valence-corrected chi connectivity index (χ3v) is 5.61. The molecule has 0 saturated heterocycles. The fraction of sp³-hybridized carbons (Fsp3) is 0.500. The largest absolute Gasteiger partial charge is 0.357 e. The molecule has 1 aromatic carbocycles. The molecule has 26 heavy (non-hydrogen) atoms. The molecule has 1 aliphatic rings. The standard InChI is InChI=1S/C20H27FN4S/c1-4-22-19(23-11-18-25-17(12-26-18)14(2)3)24-13-20(8-9-20)15-6-5-7-16(21)10-15/h5-7,10,12,14H,4,8-9,11,13H2,1-3H3,(H2,22,23,24). The van der Waals surface area contributed by atoms with E-state index in [4.69, 9.17) is 0 Å². The molecular formula is C20H27FN4S. The maximum absolute atomic E-state index is 13.5. The van der Waals surface area contributed by atoms with E-state index >= 15 is 0 Å². The second-order valence-corrected chi connectivity index (χ2v) is 8.10. The summed E-state index contributed by atoms with van der Waals surface area (Å²) in [6, 6.07) is 6.96. The van der Waals surface area contributed by atoms with Crippen LogP contribution in [0.25, 0.3) is 0 Å². The molecule has 0 bridgehead atoms. The highest BCUT2D eigenvalue weighted by atomic mass is 32.1. The van der Waals surface area contributed by atoms with Crippen molar-refractivity contribution in [3.8, 4) is 0 Å². The van der Waals surface area contributed by atoms with Crippen LogP contribution in [0.2, 0.25) is 0 Å². The number of nitrogens with one attached hydrogen (secondary N) is 2. The lowest BCUT2D eigenvalue weighted by Gasteiger charge is -2.19. The van der Waals surface area contributed by atoms with Crippen molar-refractivity contribution in [2.45, 2.75) is 51.5 Å². The maximum atomic E-state index is 13.5. The van der Waals surface area contributed by atoms with Crippen LogP contribution in [-0.4, -0.2) is 24.0 Å². The normalized spacial score (nSPS) is 16.0. The summed E-state index contributed by atoms with van der Waals surface area (Å²) in [7, 11) is 0. The molecular weight excluding hydrogens is 347 g/mol. The Morgan fingerprint density at radius 1 is 1.35 bits per heavy atom. The number of guanidine groups is 1. The van der Waals surface area contributed by atoms with Crippen LogP contribution < -0.4 is 10.6 Å². The molecule has 1 saturated carbocycles. The smallest absolute Gasteiger partial charge is 0.191 e. The minimum Gasteiger partial charge on any atom is -0.357 e. The van der Waals surface area contributed by atoms with Gasteiger partial charge in [0.25, 0.3) is 0 Å². The Kier molecular flexibility index (Phi) is 5.91. The predicted molar refractivity (Wildman–Crippen MR) is 106 cm³/mol. The molecule has 0 spiro atoms. The van der Waals surface area contributed by atoms with Crippen LogP contribution in [0.15, 0.2) is 34.6 Å². The molecule has 0 atom stereocenters. The first-order valence-corrected chi connectivity index (χ1v) is 10.1. The molecule has 6 heteroatoms. The summed E-state index contributed by atoms with van der Waals surface area (Å²) in [6.45, 7) is 8.48. The van der Waals surface area contributed by atoms with Gasteiger partial charge in [-0.15, -0.1) is 11.3 Å². The van der Waals surface area contributed by atoms with Gasteiger partial charge in [-0.25, -0.2) is 14.4 Å². The number of hydrogen-bond acceptors (Lipinski definition) is 3. The van der Waals surface area contributed by atoms with Gasteiger partial charge in [0.1, 0.15) is 10.8 Å². The van der Waals surface area contributed by atoms with Crippen molar-refractivity contribution in [1.82, 2.24) is 15.6 Å². The fourth-order valence-electron chi connectivity index (χ4n) is 2.94. The van der Waals surface area contributed by atoms with Gasteiger partial charge < -0.3 is 10.6 Å². The van der Waals surface area contributed by atoms with Crippen molar-refractivity contribution in [1.29, 1.82) is 0 Å². The van der Waals surface area contributed by atoms with E-state index in [-0.39, 0.29) is 11.2 Å². The zero-order valence-electron chi connectivity index (χ0n) is 15.7. The van der Waals surface area contributed by atoms with Crippen molar-refractivity contribution in [2.75, 3.05) is 13.1 Å². The van der Waals surface area contributed by atoms with Gasteiger partial charge in [0.15, 0.2) is 5.96 Å². The summed E-state index contributed by atoms with van der Waals surface area (Å²) in [5.74, 6) is 1.06. The minimum atomic E-state index is -0.168. The van der Waals surface area contributed by atoms with E-state index in [9.17, 15) is 4.39 Å². The van der Waals surface area contributed by atoms with Gasteiger partial charge in [-0.1, -0.05) is 26.0 Å². The molecule has 1 aromatic heterocycles. The van der Waals surface area contributed by atoms with Crippen molar-refractivity contribution >= 4 is 17.3 Å². The second kappa shape index (κ2) is 8.16. The monoisotopic (exact) mass is 374 g/mol. The third kappa shape index (κ3) is 4.61. The van der Waals surface area contributed by atoms with Gasteiger partial charge in [-0.3, -0.25) is 0 Å². The van der Waals surface area contributed by atoms with E-state index in [1.54, 1.807) is 23.5 Å². The average Bonchev–Trinajstić information content (AvgIpc) is 3.26. The van der Waals surface area contributed by atoms with E-state index in [0.717, 1.165) is 48.2 Å². The highest BCUT2D eigenvalue weighted by molar-refractivity contribution is 7.09. The van der Waals surface area contributed by atoms with Crippen molar-refractivity contribution in [3.63, 3.8) is 0 Å². The van der Waals surface area contributed by atoms with Gasteiger partial charge in [0.05, 0.1) is 12.2 Å². The molecule has 0 unspecified atom stereocenters. The zero-order chi connectivity index (χ0) is 18.6. The molecule has 140 valence electrons. The molecule has 1 fully saturated rings. The SMILES string of the molecule is CCNC(=NCc1nc(C(C)C)cs1)NCC1(c2cccc(F)c2)CC1. The van der Waals surface area contributed by atoms with Crippen LogP contribution in [0.3, 0.4) is 0 Å². The highest BCUT2D eigenvalue weighted by Gasteiger charge is 2.44. The first-order valence-electron chi connectivity index (χ1n) is 9.25. The van der Waals surface area contributed by atoms with E-state index in [1.807, 2.05) is 6.07 Å². The maximum Gasteiger partial charge on any atom is 0.191 e. The van der Waals surface area contributed by atoms with Gasteiger partial charge >= 0.3 is 0 Å². The van der Waals surface area contributed by atoms with Gasteiger partial charge in [0, 0.05) is 23.9 Å². The summed E-state index contributed by atoms with van der Waals surface area (Å²) in [5, 5.41) is 9.86. The molecule has 2 N–H and O–H groups in total. The summed E-state index contributed by atoms with van der Waals surface area (Å²) in [6.07, 6.45) is 2.15. The number of thiazole rings is 1. The first kappa shape index (κ1) is 18.8. The van der Waals surface area contributed by atoms with Gasteiger partial charge in [-0.2, -0.15) is 0 Å². The van der Waals surface area contributed by atoms with Crippen LogP contribution in [-0.2, 0) is 12.0 Å². The van der Waals surface area contributed by atoms with Crippen molar-refractivity contribution in [2.24, 2.45) is 4.99 Å². The summed E-state index contributed by atoms with van der Waals surface area (Å²) >= 11 is 1.66. The quantitative estimate of drug-likeness (QED) is 0.564. The number of aromatic nitrogens is 1. The van der Waals surface area contributed by atoms with E-state index in [1.165, 1.54) is 6.07 Å². The molecule has 0 amide bonds. The molecule has 0 aliphatic heterocycles. The van der Waals surface area contributed by atoms with Crippen LogP contribution in [0.5, 0.6) is 0 Å². The molecule has 2 aromatic rings. The average molecular weight is 375 g/mol. The van der Waals surface area contributed by atoms with E-state index < -0.39 is 0 Å². The minimum absolute atomic E-state index is 0.0320. The van der Waals surface area contributed by atoms with Gasteiger partial charge in [0.2, 0.25) is 0 Å². The fourth-order valence-corrected chi connectivity index (χ4v) is 3.82. The number of halogens is 1. The number of rotatable bonds is 7. The molecule has 4 nitrogen and oxygen atoms in total. The summed E-state index contributed by atoms with van der Waals surface area (Å²) in [4.78, 5) is 9.30. The van der Waals surface area contributed by atoms with Crippen molar-refractivity contribution < 1.29 is 4.39 Å². The van der Waals surface area contributed by atoms with E-state index in [2.05, 4.69) is 46.8 Å². The van der Waals surface area contributed by atoms with Crippen LogP contribution >= 0.6 is 11.3 Å². The Morgan fingerprint density at radius 2 is 2.15 bits per heavy atom. The third-order valence-electron chi connectivity index (χ3n) is 4.76. The molecule has 1 heterocycles. The summed E-state index contributed by atoms with van der Waals surface area (Å²) < 4.78 is 13.5.